The molecule has 1 aliphatic heterocycles. The molecule has 0 radical (unpaired) electrons. The highest BCUT2D eigenvalue weighted by Gasteiger charge is 2.32. The Labute approximate surface area is 100 Å². The predicted octanol–water partition coefficient (Wildman–Crippen LogP) is 1.93. The summed E-state index contributed by atoms with van der Waals surface area (Å²) < 4.78 is 5.71. The lowest BCUT2D eigenvalue weighted by Crippen LogP contribution is -2.44. The van der Waals surface area contributed by atoms with E-state index in [1.54, 1.807) is 18.4 Å². The summed E-state index contributed by atoms with van der Waals surface area (Å²) in [5, 5.41) is 12.1. The molecule has 86 valence electrons. The van der Waals surface area contributed by atoms with Crippen LogP contribution in [0.2, 0.25) is 0 Å². The number of ether oxygens (including phenoxy) is 1. The highest BCUT2D eigenvalue weighted by atomic mass is 32.1. The summed E-state index contributed by atoms with van der Waals surface area (Å²) in [6.07, 6.45) is 3.02. The quantitative estimate of drug-likeness (QED) is 0.872. The minimum Gasteiger partial charge on any atom is -0.378 e. The van der Waals surface area contributed by atoms with Crippen molar-refractivity contribution < 1.29 is 4.74 Å². The maximum absolute atomic E-state index is 8.80. The van der Waals surface area contributed by atoms with Gasteiger partial charge in [-0.15, -0.1) is 11.3 Å². The Hall–Kier alpha value is -0.890. The lowest BCUT2D eigenvalue weighted by molar-refractivity contribution is -0.0327. The van der Waals surface area contributed by atoms with Crippen LogP contribution in [-0.2, 0) is 11.2 Å². The van der Waals surface area contributed by atoms with Crippen molar-refractivity contribution in [3.8, 4) is 6.07 Å². The molecule has 3 nitrogen and oxygen atoms in total. The van der Waals surface area contributed by atoms with E-state index < -0.39 is 0 Å². The van der Waals surface area contributed by atoms with Crippen molar-refractivity contribution in [3.63, 3.8) is 0 Å². The lowest BCUT2D eigenvalue weighted by Gasteiger charge is -2.36. The summed E-state index contributed by atoms with van der Waals surface area (Å²) in [5.41, 5.74) is -0.0250. The first-order valence-corrected chi connectivity index (χ1v) is 6.34. The molecule has 1 aromatic rings. The number of nitrogens with one attached hydrogen (secondary N) is 1. The van der Waals surface area contributed by atoms with E-state index in [2.05, 4.69) is 11.4 Å². The number of nitrogens with zero attached hydrogens (tertiary/aromatic N) is 1. The molecule has 0 amide bonds. The zero-order chi connectivity index (χ0) is 11.4. The Bertz CT molecular complexity index is 388. The van der Waals surface area contributed by atoms with E-state index >= 15 is 0 Å². The van der Waals surface area contributed by atoms with Crippen LogP contribution in [-0.4, -0.2) is 25.8 Å². The number of thiophene rings is 1. The van der Waals surface area contributed by atoms with E-state index in [4.69, 9.17) is 10.00 Å². The number of hydrogen-bond acceptors (Lipinski definition) is 4. The van der Waals surface area contributed by atoms with Gasteiger partial charge in [-0.1, -0.05) is 0 Å². The van der Waals surface area contributed by atoms with Crippen LogP contribution in [0.5, 0.6) is 0 Å². The van der Waals surface area contributed by atoms with Gasteiger partial charge in [0.2, 0.25) is 0 Å². The first kappa shape index (κ1) is 11.6. The molecule has 0 aliphatic carbocycles. The van der Waals surface area contributed by atoms with Gasteiger partial charge in [0.15, 0.2) is 0 Å². The van der Waals surface area contributed by atoms with Gasteiger partial charge in [0.25, 0.3) is 0 Å². The molecule has 4 heteroatoms. The topological polar surface area (TPSA) is 45.0 Å². The third-order valence-corrected chi connectivity index (χ3v) is 4.21. The summed E-state index contributed by atoms with van der Waals surface area (Å²) in [5.74, 6) is 0. The van der Waals surface area contributed by atoms with Crippen LogP contribution in [0, 0.1) is 11.3 Å². The van der Waals surface area contributed by atoms with Crippen LogP contribution >= 0.6 is 11.3 Å². The second-order valence-corrected chi connectivity index (χ2v) is 5.36. The molecule has 0 unspecified atom stereocenters. The van der Waals surface area contributed by atoms with Gasteiger partial charge >= 0.3 is 0 Å². The molecule has 0 spiro atoms. The Balaban J connectivity index is 2.08. The molecule has 1 N–H and O–H groups in total. The van der Waals surface area contributed by atoms with Gasteiger partial charge in [-0.2, -0.15) is 5.26 Å². The Kier molecular flexibility index (Phi) is 3.59. The average Bonchev–Trinajstić information content (AvgIpc) is 2.78. The highest BCUT2D eigenvalue weighted by molar-refractivity contribution is 7.12. The molecule has 0 saturated carbocycles. The molecule has 1 saturated heterocycles. The van der Waals surface area contributed by atoms with Crippen LogP contribution in [0.1, 0.15) is 22.6 Å². The minimum atomic E-state index is -0.0250. The predicted molar refractivity (Wildman–Crippen MR) is 64.6 cm³/mol. The molecule has 2 heterocycles. The zero-order valence-electron chi connectivity index (χ0n) is 9.45. The standard InChI is InChI=1S/C12H16N2OS/c1-15-12(4-6-14-7-5-12)8-10-2-3-11(9-13)16-10/h2-3,14H,4-8H2,1H3. The largest absolute Gasteiger partial charge is 0.378 e. The first-order valence-electron chi connectivity index (χ1n) is 5.53. The van der Waals surface area contributed by atoms with Crippen molar-refractivity contribution in [2.24, 2.45) is 0 Å². The molecule has 0 bridgehead atoms. The fraction of sp³-hybridized carbons (Fsp3) is 0.583. The van der Waals surface area contributed by atoms with Crippen molar-refractivity contribution in [1.29, 1.82) is 5.26 Å². The number of hydrogen-bond donors (Lipinski definition) is 1. The smallest absolute Gasteiger partial charge is 0.110 e. The first-order chi connectivity index (χ1) is 7.78. The zero-order valence-corrected chi connectivity index (χ0v) is 10.3. The van der Waals surface area contributed by atoms with Gasteiger partial charge in [-0.3, -0.25) is 0 Å². The van der Waals surface area contributed by atoms with Gasteiger partial charge in [-0.25, -0.2) is 0 Å². The third-order valence-electron chi connectivity index (χ3n) is 3.22. The third kappa shape index (κ3) is 2.43. The molecule has 1 aromatic heterocycles. The molecule has 1 aliphatic rings. The van der Waals surface area contributed by atoms with Crippen LogP contribution in [0.3, 0.4) is 0 Å². The maximum Gasteiger partial charge on any atom is 0.110 e. The summed E-state index contributed by atoms with van der Waals surface area (Å²) in [7, 11) is 1.80. The molecular weight excluding hydrogens is 220 g/mol. The number of nitriles is 1. The number of methoxy groups -OCH3 is 1. The van der Waals surface area contributed by atoms with Crippen LogP contribution in [0.25, 0.3) is 0 Å². The Morgan fingerprint density at radius 2 is 2.25 bits per heavy atom. The molecule has 1 fully saturated rings. The van der Waals surface area contributed by atoms with E-state index in [1.165, 1.54) is 4.88 Å². The summed E-state index contributed by atoms with van der Waals surface area (Å²) >= 11 is 1.58. The van der Waals surface area contributed by atoms with Crippen LogP contribution in [0.15, 0.2) is 12.1 Å². The Morgan fingerprint density at radius 1 is 1.50 bits per heavy atom. The summed E-state index contributed by atoms with van der Waals surface area (Å²) in [6.45, 7) is 2.04. The minimum absolute atomic E-state index is 0.0250. The summed E-state index contributed by atoms with van der Waals surface area (Å²) in [4.78, 5) is 2.04. The van der Waals surface area contributed by atoms with Crippen molar-refractivity contribution in [2.75, 3.05) is 20.2 Å². The fourth-order valence-corrected chi connectivity index (χ4v) is 3.12. The number of rotatable bonds is 3. The fourth-order valence-electron chi connectivity index (χ4n) is 2.19. The lowest BCUT2D eigenvalue weighted by atomic mass is 9.88. The molecule has 2 rings (SSSR count). The molecule has 0 atom stereocenters. The van der Waals surface area contributed by atoms with E-state index in [0.29, 0.717) is 0 Å². The van der Waals surface area contributed by atoms with Crippen LogP contribution < -0.4 is 5.32 Å². The van der Waals surface area contributed by atoms with Gasteiger partial charge in [0.1, 0.15) is 10.9 Å². The Morgan fingerprint density at radius 3 is 2.81 bits per heavy atom. The monoisotopic (exact) mass is 236 g/mol. The van der Waals surface area contributed by atoms with E-state index in [9.17, 15) is 0 Å². The van der Waals surface area contributed by atoms with Gasteiger partial charge < -0.3 is 10.1 Å². The van der Waals surface area contributed by atoms with Gasteiger partial charge in [0.05, 0.1) is 5.60 Å². The van der Waals surface area contributed by atoms with Gasteiger partial charge in [-0.05, 0) is 38.1 Å². The maximum atomic E-state index is 8.80. The van der Waals surface area contributed by atoms with Crippen molar-refractivity contribution >= 4 is 11.3 Å². The van der Waals surface area contributed by atoms with Crippen molar-refractivity contribution in [3.05, 3.63) is 21.9 Å². The van der Waals surface area contributed by atoms with E-state index in [-0.39, 0.29) is 5.60 Å². The molecule has 16 heavy (non-hydrogen) atoms. The molecule has 0 aromatic carbocycles. The second-order valence-electron chi connectivity index (χ2n) is 4.19. The average molecular weight is 236 g/mol. The number of piperidine rings is 1. The summed E-state index contributed by atoms with van der Waals surface area (Å²) in [6, 6.07) is 6.12. The normalized spacial score (nSPS) is 19.2. The van der Waals surface area contributed by atoms with Gasteiger partial charge in [0, 0.05) is 18.4 Å². The van der Waals surface area contributed by atoms with Crippen molar-refractivity contribution in [1.82, 2.24) is 5.32 Å². The molecular formula is C12H16N2OS. The second kappa shape index (κ2) is 4.96. The van der Waals surface area contributed by atoms with E-state index in [1.807, 2.05) is 12.1 Å². The SMILES string of the molecule is COC1(Cc2ccc(C#N)s2)CCNCC1. The van der Waals surface area contributed by atoms with Crippen LogP contribution in [0.4, 0.5) is 0 Å². The van der Waals surface area contributed by atoms with Crippen molar-refractivity contribution in [2.45, 2.75) is 24.9 Å². The van der Waals surface area contributed by atoms with E-state index in [0.717, 1.165) is 37.2 Å². The highest BCUT2D eigenvalue weighted by Crippen LogP contribution is 2.29.